The highest BCUT2D eigenvalue weighted by molar-refractivity contribution is 5.98. The van der Waals surface area contributed by atoms with Crippen LogP contribution in [0.3, 0.4) is 0 Å². The van der Waals surface area contributed by atoms with E-state index < -0.39 is 0 Å². The van der Waals surface area contributed by atoms with E-state index in [2.05, 4.69) is 5.32 Å². The van der Waals surface area contributed by atoms with Crippen molar-refractivity contribution in [1.29, 1.82) is 0 Å². The SMILES string of the molecule is O=C1CC2(CCCC2)CC(=O)N1CCNC[C@@H]1COc2ccccc2O1. The average molecular weight is 358 g/mol. The largest absolute Gasteiger partial charge is 0.486 e. The summed E-state index contributed by atoms with van der Waals surface area (Å²) in [5.41, 5.74) is -0.0290. The van der Waals surface area contributed by atoms with Gasteiger partial charge in [0.25, 0.3) is 0 Å². The lowest BCUT2D eigenvalue weighted by Crippen LogP contribution is -2.50. The third kappa shape index (κ3) is 3.56. The van der Waals surface area contributed by atoms with Crippen LogP contribution in [0.15, 0.2) is 24.3 Å². The molecule has 1 aliphatic carbocycles. The van der Waals surface area contributed by atoms with Crippen LogP contribution in [0.2, 0.25) is 0 Å². The number of amides is 2. The zero-order chi connectivity index (χ0) is 18.0. The predicted octanol–water partition coefficient (Wildman–Crippen LogP) is 2.13. The van der Waals surface area contributed by atoms with Crippen LogP contribution in [0.1, 0.15) is 38.5 Å². The van der Waals surface area contributed by atoms with Crippen LogP contribution >= 0.6 is 0 Å². The number of benzene rings is 1. The molecule has 6 nitrogen and oxygen atoms in total. The molecule has 1 spiro atoms. The molecule has 1 aromatic rings. The maximum atomic E-state index is 12.4. The molecule has 0 bridgehead atoms. The number of carbonyl (C=O) groups is 2. The van der Waals surface area contributed by atoms with E-state index in [1.54, 1.807) is 0 Å². The van der Waals surface area contributed by atoms with Crippen molar-refractivity contribution >= 4 is 11.8 Å². The highest BCUT2D eigenvalue weighted by atomic mass is 16.6. The van der Waals surface area contributed by atoms with Gasteiger partial charge < -0.3 is 14.8 Å². The number of piperidine rings is 1. The topological polar surface area (TPSA) is 67.9 Å². The van der Waals surface area contributed by atoms with Gasteiger partial charge >= 0.3 is 0 Å². The van der Waals surface area contributed by atoms with E-state index in [1.807, 2.05) is 24.3 Å². The molecule has 2 amide bonds. The summed E-state index contributed by atoms with van der Waals surface area (Å²) in [4.78, 5) is 26.3. The molecule has 0 radical (unpaired) electrons. The van der Waals surface area contributed by atoms with Gasteiger partial charge in [-0.15, -0.1) is 0 Å². The Bertz CT molecular complexity index is 664. The number of nitrogens with zero attached hydrogens (tertiary/aromatic N) is 1. The number of nitrogens with one attached hydrogen (secondary N) is 1. The first-order valence-corrected chi connectivity index (χ1v) is 9.58. The highest BCUT2D eigenvalue weighted by Gasteiger charge is 2.44. The second-order valence-corrected chi connectivity index (χ2v) is 7.70. The second kappa shape index (κ2) is 7.27. The predicted molar refractivity (Wildman–Crippen MR) is 96.1 cm³/mol. The molecular weight excluding hydrogens is 332 g/mol. The quantitative estimate of drug-likeness (QED) is 0.645. The van der Waals surface area contributed by atoms with Crippen molar-refractivity contribution in [2.45, 2.75) is 44.6 Å². The molecule has 1 N–H and O–H groups in total. The maximum Gasteiger partial charge on any atom is 0.229 e. The Morgan fingerprint density at radius 2 is 1.77 bits per heavy atom. The second-order valence-electron chi connectivity index (χ2n) is 7.70. The minimum Gasteiger partial charge on any atom is -0.486 e. The molecular formula is C20H26N2O4. The molecule has 1 saturated carbocycles. The fraction of sp³-hybridized carbons (Fsp3) is 0.600. The minimum atomic E-state index is -0.0700. The van der Waals surface area contributed by atoms with E-state index in [4.69, 9.17) is 9.47 Å². The van der Waals surface area contributed by atoms with Gasteiger partial charge in [0.1, 0.15) is 12.7 Å². The summed E-state index contributed by atoms with van der Waals surface area (Å²) in [5.74, 6) is 1.52. The number of fused-ring (bicyclic) bond motifs is 1. The zero-order valence-corrected chi connectivity index (χ0v) is 15.0. The van der Waals surface area contributed by atoms with E-state index in [0.29, 0.717) is 39.1 Å². The Morgan fingerprint density at radius 1 is 1.08 bits per heavy atom. The van der Waals surface area contributed by atoms with Crippen molar-refractivity contribution < 1.29 is 19.1 Å². The number of carbonyl (C=O) groups excluding carboxylic acids is 2. The molecule has 1 atom stereocenters. The standard InChI is InChI=1S/C20H26N2O4/c23-18-11-20(7-3-4-8-20)12-19(24)22(18)10-9-21-13-15-14-25-16-5-1-2-6-17(16)26-15/h1-2,5-6,15,21H,3-4,7-14H2/t15-/m1/s1. The van der Waals surface area contributed by atoms with Gasteiger partial charge in [-0.25, -0.2) is 0 Å². The Morgan fingerprint density at radius 3 is 2.50 bits per heavy atom. The smallest absolute Gasteiger partial charge is 0.229 e. The van der Waals surface area contributed by atoms with Crippen molar-refractivity contribution in [2.24, 2.45) is 5.41 Å². The van der Waals surface area contributed by atoms with Crippen molar-refractivity contribution in [3.05, 3.63) is 24.3 Å². The third-order valence-electron chi connectivity index (χ3n) is 5.77. The Kier molecular flexibility index (Phi) is 4.85. The first-order chi connectivity index (χ1) is 12.7. The lowest BCUT2D eigenvalue weighted by Gasteiger charge is -2.37. The van der Waals surface area contributed by atoms with Crippen molar-refractivity contribution in [3.63, 3.8) is 0 Å². The van der Waals surface area contributed by atoms with E-state index >= 15 is 0 Å². The molecule has 0 unspecified atom stereocenters. The van der Waals surface area contributed by atoms with Gasteiger partial charge in [-0.1, -0.05) is 25.0 Å². The number of para-hydroxylation sites is 2. The fourth-order valence-corrected chi connectivity index (χ4v) is 4.38. The lowest BCUT2D eigenvalue weighted by atomic mass is 9.76. The van der Waals surface area contributed by atoms with E-state index in [9.17, 15) is 9.59 Å². The van der Waals surface area contributed by atoms with Crippen LogP contribution in [-0.2, 0) is 9.59 Å². The molecule has 6 heteroatoms. The monoisotopic (exact) mass is 358 g/mol. The third-order valence-corrected chi connectivity index (χ3v) is 5.77. The van der Waals surface area contributed by atoms with Gasteiger partial charge in [0, 0.05) is 32.5 Å². The lowest BCUT2D eigenvalue weighted by molar-refractivity contribution is -0.153. The first kappa shape index (κ1) is 17.3. The number of imide groups is 1. The van der Waals surface area contributed by atoms with Crippen LogP contribution in [0.4, 0.5) is 0 Å². The van der Waals surface area contributed by atoms with E-state index in [-0.39, 0.29) is 23.3 Å². The molecule has 3 aliphatic rings. The summed E-state index contributed by atoms with van der Waals surface area (Å²) < 4.78 is 11.6. The minimum absolute atomic E-state index is 0.00359. The molecule has 4 rings (SSSR count). The number of hydrogen-bond donors (Lipinski definition) is 1. The molecule has 140 valence electrons. The van der Waals surface area contributed by atoms with Gasteiger partial charge in [-0.2, -0.15) is 0 Å². The number of ether oxygens (including phenoxy) is 2. The van der Waals surface area contributed by atoms with Crippen LogP contribution in [0, 0.1) is 5.41 Å². The van der Waals surface area contributed by atoms with Gasteiger partial charge in [0.05, 0.1) is 0 Å². The van der Waals surface area contributed by atoms with Crippen LogP contribution < -0.4 is 14.8 Å². The van der Waals surface area contributed by atoms with E-state index in [0.717, 1.165) is 37.2 Å². The van der Waals surface area contributed by atoms with Gasteiger partial charge in [-0.3, -0.25) is 14.5 Å². The summed E-state index contributed by atoms with van der Waals surface area (Å²) in [6.45, 7) is 2.12. The zero-order valence-electron chi connectivity index (χ0n) is 15.0. The molecule has 0 aromatic heterocycles. The van der Waals surface area contributed by atoms with Crippen molar-refractivity contribution in [3.8, 4) is 11.5 Å². The Balaban J connectivity index is 1.22. The van der Waals surface area contributed by atoms with Gasteiger partial charge in [0.2, 0.25) is 11.8 Å². The van der Waals surface area contributed by atoms with Crippen LogP contribution in [0.5, 0.6) is 11.5 Å². The summed E-state index contributed by atoms with van der Waals surface area (Å²) in [5, 5.41) is 3.28. The Hall–Kier alpha value is -2.08. The molecule has 2 fully saturated rings. The average Bonchev–Trinajstić information content (AvgIpc) is 3.07. The van der Waals surface area contributed by atoms with Gasteiger partial charge in [-0.05, 0) is 30.4 Å². The van der Waals surface area contributed by atoms with E-state index in [1.165, 1.54) is 4.90 Å². The summed E-state index contributed by atoms with van der Waals surface area (Å²) in [7, 11) is 0. The summed E-state index contributed by atoms with van der Waals surface area (Å²) >= 11 is 0. The molecule has 1 aromatic carbocycles. The first-order valence-electron chi connectivity index (χ1n) is 9.58. The summed E-state index contributed by atoms with van der Waals surface area (Å²) in [6.07, 6.45) is 5.35. The molecule has 2 aliphatic heterocycles. The number of likely N-dealkylation sites (tertiary alicyclic amines) is 1. The number of rotatable bonds is 5. The molecule has 2 heterocycles. The van der Waals surface area contributed by atoms with Crippen molar-refractivity contribution in [2.75, 3.05) is 26.2 Å². The molecule has 26 heavy (non-hydrogen) atoms. The number of hydrogen-bond acceptors (Lipinski definition) is 5. The van der Waals surface area contributed by atoms with Gasteiger partial charge in [0.15, 0.2) is 11.5 Å². The van der Waals surface area contributed by atoms with Crippen LogP contribution in [0.25, 0.3) is 0 Å². The molecule has 1 saturated heterocycles. The fourth-order valence-electron chi connectivity index (χ4n) is 4.38. The van der Waals surface area contributed by atoms with Crippen LogP contribution in [-0.4, -0.2) is 49.1 Å². The normalized spacial score (nSPS) is 24.3. The summed E-state index contributed by atoms with van der Waals surface area (Å²) in [6, 6.07) is 7.63. The maximum absolute atomic E-state index is 12.4. The Labute approximate surface area is 153 Å². The van der Waals surface area contributed by atoms with Crippen molar-refractivity contribution in [1.82, 2.24) is 10.2 Å². The highest BCUT2D eigenvalue weighted by Crippen LogP contribution is 2.46.